The summed E-state index contributed by atoms with van der Waals surface area (Å²) in [6, 6.07) is 3.37. The zero-order chi connectivity index (χ0) is 11.1. The molecule has 0 aliphatic rings. The lowest BCUT2D eigenvalue weighted by Crippen LogP contribution is -1.98. The molecule has 1 rings (SSSR count). The third kappa shape index (κ3) is 3.97. The molecule has 0 saturated heterocycles. The fraction of sp³-hybridized carbons (Fsp3) is 0.500. The van der Waals surface area contributed by atoms with Gasteiger partial charge in [0.1, 0.15) is 5.76 Å². The monoisotopic (exact) mass is 230 g/mol. The van der Waals surface area contributed by atoms with Gasteiger partial charge >= 0.3 is 5.97 Å². The molecule has 0 aliphatic heterocycles. The van der Waals surface area contributed by atoms with Gasteiger partial charge in [-0.2, -0.15) is 11.8 Å². The summed E-state index contributed by atoms with van der Waals surface area (Å²) >= 11 is 1.66. The van der Waals surface area contributed by atoms with Crippen LogP contribution in [0.4, 0.5) is 0 Å². The number of carbonyl (C=O) groups is 1. The SMILES string of the molecule is COC(=O)c1ccc(CSCCCO)o1. The van der Waals surface area contributed by atoms with Crippen LogP contribution in [0.15, 0.2) is 16.5 Å². The molecule has 1 N–H and O–H groups in total. The first-order valence-electron chi connectivity index (χ1n) is 4.63. The molecule has 15 heavy (non-hydrogen) atoms. The van der Waals surface area contributed by atoms with E-state index in [0.717, 1.165) is 17.9 Å². The van der Waals surface area contributed by atoms with Crippen LogP contribution in [0.5, 0.6) is 0 Å². The molecule has 0 bridgehead atoms. The molecule has 0 spiro atoms. The van der Waals surface area contributed by atoms with Crippen molar-refractivity contribution in [2.75, 3.05) is 19.5 Å². The number of thioether (sulfide) groups is 1. The van der Waals surface area contributed by atoms with Crippen molar-refractivity contribution in [2.24, 2.45) is 0 Å². The predicted octanol–water partition coefficient (Wildman–Crippen LogP) is 1.68. The maximum Gasteiger partial charge on any atom is 0.373 e. The van der Waals surface area contributed by atoms with Crippen molar-refractivity contribution in [3.05, 3.63) is 23.7 Å². The Morgan fingerprint density at radius 3 is 3.07 bits per heavy atom. The van der Waals surface area contributed by atoms with Crippen LogP contribution < -0.4 is 0 Å². The van der Waals surface area contributed by atoms with Crippen LogP contribution in [0, 0.1) is 0 Å². The molecule has 84 valence electrons. The molecule has 0 aliphatic carbocycles. The van der Waals surface area contributed by atoms with Crippen molar-refractivity contribution in [1.82, 2.24) is 0 Å². The Kier molecular flexibility index (Phi) is 5.28. The average Bonchev–Trinajstić information content (AvgIpc) is 2.72. The van der Waals surface area contributed by atoms with Crippen molar-refractivity contribution < 1.29 is 19.1 Å². The van der Waals surface area contributed by atoms with Crippen molar-refractivity contribution >= 4 is 17.7 Å². The summed E-state index contributed by atoms with van der Waals surface area (Å²) in [5.74, 6) is 2.11. The maximum atomic E-state index is 11.0. The summed E-state index contributed by atoms with van der Waals surface area (Å²) in [7, 11) is 1.32. The Morgan fingerprint density at radius 2 is 2.40 bits per heavy atom. The zero-order valence-corrected chi connectivity index (χ0v) is 9.38. The van der Waals surface area contributed by atoms with Crippen LogP contribution >= 0.6 is 11.8 Å². The summed E-state index contributed by atoms with van der Waals surface area (Å²) in [5, 5.41) is 8.57. The van der Waals surface area contributed by atoms with Crippen molar-refractivity contribution in [1.29, 1.82) is 0 Å². The highest BCUT2D eigenvalue weighted by Crippen LogP contribution is 2.16. The van der Waals surface area contributed by atoms with Gasteiger partial charge in [0.15, 0.2) is 0 Å². The number of hydrogen-bond acceptors (Lipinski definition) is 5. The minimum atomic E-state index is -0.457. The van der Waals surface area contributed by atoms with Gasteiger partial charge < -0.3 is 14.3 Å². The molecule has 0 amide bonds. The van der Waals surface area contributed by atoms with E-state index >= 15 is 0 Å². The number of esters is 1. The van der Waals surface area contributed by atoms with Crippen molar-refractivity contribution in [2.45, 2.75) is 12.2 Å². The van der Waals surface area contributed by atoms with E-state index in [1.807, 2.05) is 0 Å². The number of furan rings is 1. The van der Waals surface area contributed by atoms with Crippen LogP contribution in [0.3, 0.4) is 0 Å². The summed E-state index contributed by atoms with van der Waals surface area (Å²) in [6.07, 6.45) is 0.773. The minimum Gasteiger partial charge on any atom is -0.463 e. The van der Waals surface area contributed by atoms with Gasteiger partial charge in [0, 0.05) is 6.61 Å². The molecule has 4 nitrogen and oxygen atoms in total. The maximum absolute atomic E-state index is 11.0. The molecule has 0 fully saturated rings. The lowest BCUT2D eigenvalue weighted by molar-refractivity contribution is 0.0563. The standard InChI is InChI=1S/C10H14O4S/c1-13-10(12)9-4-3-8(14-9)7-15-6-2-5-11/h3-4,11H,2,5-7H2,1H3. The van der Waals surface area contributed by atoms with Gasteiger partial charge in [-0.05, 0) is 24.3 Å². The summed E-state index contributed by atoms with van der Waals surface area (Å²) in [5.41, 5.74) is 0. The predicted molar refractivity (Wildman–Crippen MR) is 57.9 cm³/mol. The van der Waals surface area contributed by atoms with E-state index in [2.05, 4.69) is 4.74 Å². The smallest absolute Gasteiger partial charge is 0.373 e. The molecule has 0 atom stereocenters. The first kappa shape index (κ1) is 12.1. The van der Waals surface area contributed by atoms with E-state index in [0.29, 0.717) is 5.75 Å². The third-order valence-electron chi connectivity index (χ3n) is 1.74. The van der Waals surface area contributed by atoms with E-state index in [4.69, 9.17) is 9.52 Å². The first-order chi connectivity index (χ1) is 7.27. The van der Waals surface area contributed by atoms with Crippen LogP contribution in [0.25, 0.3) is 0 Å². The molecule has 0 unspecified atom stereocenters. The van der Waals surface area contributed by atoms with E-state index in [1.54, 1.807) is 23.9 Å². The normalized spacial score (nSPS) is 10.3. The fourth-order valence-corrected chi connectivity index (χ4v) is 1.84. The summed E-state index contributed by atoms with van der Waals surface area (Å²) in [4.78, 5) is 11.0. The fourth-order valence-electron chi connectivity index (χ4n) is 1.01. The molecule has 1 aromatic rings. The van der Waals surface area contributed by atoms with Crippen molar-refractivity contribution in [3.8, 4) is 0 Å². The number of methoxy groups -OCH3 is 1. The molecular formula is C10H14O4S. The minimum absolute atomic E-state index is 0.207. The molecular weight excluding hydrogens is 216 g/mol. The van der Waals surface area contributed by atoms with Gasteiger partial charge in [-0.15, -0.1) is 0 Å². The number of ether oxygens (including phenoxy) is 1. The lowest BCUT2D eigenvalue weighted by Gasteiger charge is -1.97. The highest BCUT2D eigenvalue weighted by molar-refractivity contribution is 7.98. The highest BCUT2D eigenvalue weighted by Gasteiger charge is 2.10. The molecule has 0 saturated carbocycles. The summed E-state index contributed by atoms with van der Waals surface area (Å²) in [6.45, 7) is 0.207. The number of carbonyl (C=O) groups excluding carboxylic acids is 1. The Hall–Kier alpha value is -0.940. The topological polar surface area (TPSA) is 59.7 Å². The molecule has 1 aromatic heterocycles. The largest absolute Gasteiger partial charge is 0.463 e. The van der Waals surface area contributed by atoms with Gasteiger partial charge in [-0.25, -0.2) is 4.79 Å². The van der Waals surface area contributed by atoms with E-state index in [9.17, 15) is 4.79 Å². The highest BCUT2D eigenvalue weighted by atomic mass is 32.2. The second-order valence-electron chi connectivity index (χ2n) is 2.89. The molecule has 0 radical (unpaired) electrons. The van der Waals surface area contributed by atoms with Crippen molar-refractivity contribution in [3.63, 3.8) is 0 Å². The number of rotatable bonds is 6. The zero-order valence-electron chi connectivity index (χ0n) is 8.56. The lowest BCUT2D eigenvalue weighted by atomic mass is 10.4. The molecule has 1 heterocycles. The van der Waals surface area contributed by atoms with Crippen LogP contribution in [-0.2, 0) is 10.5 Å². The number of aliphatic hydroxyl groups excluding tert-OH is 1. The van der Waals surface area contributed by atoms with Gasteiger partial charge in [-0.1, -0.05) is 0 Å². The Labute approximate surface area is 92.6 Å². The molecule has 0 aromatic carbocycles. The van der Waals surface area contributed by atoms with Gasteiger partial charge in [0.05, 0.1) is 12.9 Å². The Bertz CT molecular complexity index is 308. The molecule has 5 heteroatoms. The Balaban J connectivity index is 2.36. The van der Waals surface area contributed by atoms with E-state index < -0.39 is 5.97 Å². The van der Waals surface area contributed by atoms with Crippen LogP contribution in [-0.4, -0.2) is 30.5 Å². The van der Waals surface area contributed by atoms with Gasteiger partial charge in [-0.3, -0.25) is 0 Å². The average molecular weight is 230 g/mol. The van der Waals surface area contributed by atoms with Crippen LogP contribution in [0.1, 0.15) is 22.7 Å². The van der Waals surface area contributed by atoms with Gasteiger partial charge in [0.25, 0.3) is 0 Å². The van der Waals surface area contributed by atoms with E-state index in [-0.39, 0.29) is 12.4 Å². The number of aliphatic hydroxyl groups is 1. The number of hydrogen-bond donors (Lipinski definition) is 1. The quantitative estimate of drug-likeness (QED) is 0.595. The first-order valence-corrected chi connectivity index (χ1v) is 5.79. The van der Waals surface area contributed by atoms with E-state index in [1.165, 1.54) is 7.11 Å². The van der Waals surface area contributed by atoms with Gasteiger partial charge in [0.2, 0.25) is 5.76 Å². The van der Waals surface area contributed by atoms with Crippen LogP contribution in [0.2, 0.25) is 0 Å². The summed E-state index contributed by atoms with van der Waals surface area (Å²) < 4.78 is 9.78. The Morgan fingerprint density at radius 1 is 1.60 bits per heavy atom. The second kappa shape index (κ2) is 6.53. The second-order valence-corrected chi connectivity index (χ2v) is 3.99. The third-order valence-corrected chi connectivity index (χ3v) is 2.81.